The standard InChI is InChI=1S/C82H52N4O4/c1-3-83-67-23-11-9-19-57(67)63-43-51(31-35-69(63)83)85(71-25-13-21-61-79-55-17-7-5-15-47(55)27-37-73(79)89-81(61)71)53-29-33-59-65-39-49-42-76-66(40-50(49)41-75(65)87-77(59)45-53)60-34-30-54(46-78(60)88-76)86(52-32-36-70-64(44-52)58-20-10-12-24-68(58)84(70)4-2)72-26-14-22-62-80-56-18-8-6-16-48(56)28-38-74(80)90-82(62)72/h5-46H,3-4H2,1-2H3. The third-order valence-corrected chi connectivity index (χ3v) is 19.4. The van der Waals surface area contributed by atoms with Crippen LogP contribution in [0.25, 0.3) is 164 Å². The summed E-state index contributed by atoms with van der Waals surface area (Å²) in [4.78, 5) is 4.67. The number of anilines is 6. The smallest absolute Gasteiger partial charge is 0.159 e. The number of aryl methyl sites for hydroxylation is 2. The molecule has 0 aliphatic heterocycles. The van der Waals surface area contributed by atoms with E-state index in [2.05, 4.69) is 288 Å². The van der Waals surface area contributed by atoms with E-state index in [1.165, 1.54) is 65.2 Å². The van der Waals surface area contributed by atoms with E-state index in [0.29, 0.717) is 0 Å². The predicted molar refractivity (Wildman–Crippen MR) is 375 cm³/mol. The number of aromatic nitrogens is 2. The van der Waals surface area contributed by atoms with Crippen LogP contribution in [0.4, 0.5) is 34.1 Å². The Morgan fingerprint density at radius 1 is 0.256 bits per heavy atom. The van der Waals surface area contributed by atoms with Gasteiger partial charge in [-0.05, 0) is 167 Å². The molecular weight excluding hydrogens is 1100 g/mol. The van der Waals surface area contributed by atoms with E-state index in [1.54, 1.807) is 0 Å². The topological polar surface area (TPSA) is 68.9 Å². The third kappa shape index (κ3) is 6.90. The maximum absolute atomic E-state index is 7.00. The molecular formula is C82H52N4O4. The Morgan fingerprint density at radius 3 is 1.11 bits per heavy atom. The lowest BCUT2D eigenvalue weighted by molar-refractivity contribution is 0.667. The summed E-state index contributed by atoms with van der Waals surface area (Å²) >= 11 is 0. The van der Waals surface area contributed by atoms with Crippen LogP contribution in [-0.2, 0) is 13.1 Å². The Balaban J connectivity index is 0.733. The fraction of sp³-hybridized carbons (Fsp3) is 0.0488. The summed E-state index contributed by atoms with van der Waals surface area (Å²) in [7, 11) is 0. The van der Waals surface area contributed by atoms with Gasteiger partial charge in [0, 0.05) is 123 Å². The lowest BCUT2D eigenvalue weighted by Crippen LogP contribution is -2.10. The van der Waals surface area contributed by atoms with Crippen molar-refractivity contribution in [3.8, 4) is 0 Å². The molecule has 0 saturated heterocycles. The van der Waals surface area contributed by atoms with Gasteiger partial charge < -0.3 is 36.6 Å². The number of nitrogens with zero attached hydrogens (tertiary/aromatic N) is 4. The summed E-state index contributed by atoms with van der Waals surface area (Å²) in [6, 6.07) is 92.0. The van der Waals surface area contributed by atoms with E-state index in [9.17, 15) is 0 Å². The van der Waals surface area contributed by atoms with Gasteiger partial charge in [-0.1, -0.05) is 121 Å². The molecule has 0 N–H and O–H groups in total. The van der Waals surface area contributed by atoms with Crippen molar-refractivity contribution in [2.75, 3.05) is 9.80 Å². The van der Waals surface area contributed by atoms with Crippen molar-refractivity contribution in [2.24, 2.45) is 0 Å². The fourth-order valence-corrected chi connectivity index (χ4v) is 15.4. The van der Waals surface area contributed by atoms with Crippen molar-refractivity contribution >= 4 is 198 Å². The van der Waals surface area contributed by atoms with Crippen LogP contribution in [-0.4, -0.2) is 9.13 Å². The highest BCUT2D eigenvalue weighted by Gasteiger charge is 2.26. The average molecular weight is 1160 g/mol. The first kappa shape index (κ1) is 49.4. The Kier molecular flexibility index (Phi) is 10.1. The number of benzene rings is 14. The number of para-hydroxylation sites is 4. The second-order valence-corrected chi connectivity index (χ2v) is 24.0. The Bertz CT molecular complexity index is 6090. The highest BCUT2D eigenvalue weighted by molar-refractivity contribution is 6.24. The fourth-order valence-electron chi connectivity index (χ4n) is 15.4. The summed E-state index contributed by atoms with van der Waals surface area (Å²) in [6.45, 7) is 6.17. The zero-order valence-electron chi connectivity index (χ0n) is 49.1. The summed E-state index contributed by atoms with van der Waals surface area (Å²) < 4.78 is 32.7. The van der Waals surface area contributed by atoms with Gasteiger partial charge in [-0.15, -0.1) is 0 Å². The van der Waals surface area contributed by atoms with Gasteiger partial charge in [0.25, 0.3) is 0 Å². The molecule has 0 radical (unpaired) electrons. The number of hydrogen-bond donors (Lipinski definition) is 0. The zero-order valence-corrected chi connectivity index (χ0v) is 49.1. The van der Waals surface area contributed by atoms with Gasteiger partial charge in [0.15, 0.2) is 11.2 Å². The summed E-state index contributed by atoms with van der Waals surface area (Å²) in [6.07, 6.45) is 0. The summed E-state index contributed by atoms with van der Waals surface area (Å²) in [5.41, 5.74) is 17.3. The van der Waals surface area contributed by atoms with Crippen LogP contribution in [0.3, 0.4) is 0 Å². The van der Waals surface area contributed by atoms with Gasteiger partial charge >= 0.3 is 0 Å². The monoisotopic (exact) mass is 1160 g/mol. The zero-order chi connectivity index (χ0) is 59.0. The SMILES string of the molecule is CCn1c2ccccc2c2cc(N(c3ccc4c(c3)oc3cc5cc6c(cc5cc34)oc3cc(N(c4ccc5c(c4)c4ccccc4n5CC)c4cccc5c4oc4ccc7ccccc7c45)ccc36)c3cccc4c3oc3ccc5ccccc5c34)ccc21. The first-order chi connectivity index (χ1) is 44.5. The minimum atomic E-state index is 0.794. The van der Waals surface area contributed by atoms with Gasteiger partial charge in [-0.25, -0.2) is 0 Å². The van der Waals surface area contributed by atoms with Crippen LogP contribution in [0.2, 0.25) is 0 Å². The number of rotatable bonds is 8. The number of furan rings is 4. The van der Waals surface area contributed by atoms with Crippen LogP contribution in [0.5, 0.6) is 0 Å². The average Bonchev–Trinajstić information content (AvgIpc) is 1.64. The van der Waals surface area contributed by atoms with Crippen molar-refractivity contribution in [3.63, 3.8) is 0 Å². The van der Waals surface area contributed by atoms with Crippen LogP contribution in [0.15, 0.2) is 272 Å². The molecule has 0 fully saturated rings. The molecule has 90 heavy (non-hydrogen) atoms. The van der Waals surface area contributed by atoms with Crippen LogP contribution in [0, 0.1) is 0 Å². The summed E-state index contributed by atoms with van der Waals surface area (Å²) in [5, 5.41) is 20.2. The second-order valence-electron chi connectivity index (χ2n) is 24.0. The van der Waals surface area contributed by atoms with Gasteiger partial charge in [0.1, 0.15) is 33.5 Å². The lowest BCUT2D eigenvalue weighted by Gasteiger charge is -2.25. The Labute approximate surface area is 513 Å². The molecule has 8 nitrogen and oxygen atoms in total. The second kappa shape index (κ2) is 18.4. The van der Waals surface area contributed by atoms with E-state index >= 15 is 0 Å². The van der Waals surface area contributed by atoms with Crippen LogP contribution in [0.1, 0.15) is 13.8 Å². The van der Waals surface area contributed by atoms with Crippen molar-refractivity contribution in [2.45, 2.75) is 26.9 Å². The minimum absolute atomic E-state index is 0.794. The molecule has 424 valence electrons. The predicted octanol–water partition coefficient (Wildman–Crippen LogP) is 23.9. The van der Waals surface area contributed by atoms with Gasteiger partial charge in [-0.2, -0.15) is 0 Å². The molecule has 0 amide bonds. The molecule has 8 heteroatoms. The maximum Gasteiger partial charge on any atom is 0.159 e. The maximum atomic E-state index is 7.00. The summed E-state index contributed by atoms with van der Waals surface area (Å²) in [5.74, 6) is 0. The quantitative estimate of drug-likeness (QED) is 0.151. The Hall–Kier alpha value is -11.7. The van der Waals surface area contributed by atoms with Crippen LogP contribution < -0.4 is 9.80 Å². The molecule has 0 bridgehead atoms. The minimum Gasteiger partial charge on any atom is -0.456 e. The molecule has 6 heterocycles. The van der Waals surface area contributed by atoms with Gasteiger partial charge in [0.2, 0.25) is 0 Å². The van der Waals surface area contributed by atoms with Crippen molar-refractivity contribution in [1.29, 1.82) is 0 Å². The molecule has 20 rings (SSSR count). The first-order valence-corrected chi connectivity index (χ1v) is 31.0. The molecule has 0 spiro atoms. The molecule has 0 aliphatic carbocycles. The van der Waals surface area contributed by atoms with Crippen molar-refractivity contribution in [1.82, 2.24) is 9.13 Å². The largest absolute Gasteiger partial charge is 0.456 e. The van der Waals surface area contributed by atoms with E-state index in [0.717, 1.165) is 146 Å². The molecule has 20 aromatic rings. The van der Waals surface area contributed by atoms with Crippen LogP contribution >= 0.6 is 0 Å². The van der Waals surface area contributed by atoms with E-state index in [1.807, 2.05) is 0 Å². The normalized spacial score (nSPS) is 12.4. The van der Waals surface area contributed by atoms with Gasteiger partial charge in [0.05, 0.1) is 22.7 Å². The van der Waals surface area contributed by atoms with Gasteiger partial charge in [-0.3, -0.25) is 0 Å². The van der Waals surface area contributed by atoms with Crippen molar-refractivity contribution in [3.05, 3.63) is 255 Å². The molecule has 0 saturated carbocycles. The number of fused-ring (bicyclic) bond motifs is 23. The Morgan fingerprint density at radius 2 is 0.644 bits per heavy atom. The first-order valence-electron chi connectivity index (χ1n) is 31.0. The molecule has 0 unspecified atom stereocenters. The number of hydrogen-bond acceptors (Lipinski definition) is 6. The molecule has 0 atom stereocenters. The van der Waals surface area contributed by atoms with E-state index < -0.39 is 0 Å². The highest BCUT2D eigenvalue weighted by atomic mass is 16.3. The van der Waals surface area contributed by atoms with E-state index in [-0.39, 0.29) is 0 Å². The highest BCUT2D eigenvalue weighted by Crippen LogP contribution is 2.50. The third-order valence-electron chi connectivity index (χ3n) is 19.4. The van der Waals surface area contributed by atoms with E-state index in [4.69, 9.17) is 17.7 Å². The molecule has 14 aromatic carbocycles. The molecule has 6 aromatic heterocycles. The van der Waals surface area contributed by atoms with Crippen molar-refractivity contribution < 1.29 is 17.7 Å². The molecule has 0 aliphatic rings. The lowest BCUT2D eigenvalue weighted by atomic mass is 10.0.